The smallest absolute Gasteiger partial charge is 0.253 e. The quantitative estimate of drug-likeness (QED) is 0.858. The minimum Gasteiger partial charge on any atom is -0.336 e. The number of carbonyl (C=O) groups is 1. The molecule has 0 radical (unpaired) electrons. The minimum atomic E-state index is -1.22. The molecule has 2 N–H and O–H groups in total. The van der Waals surface area contributed by atoms with Crippen LogP contribution in [-0.4, -0.2) is 36.3 Å². The van der Waals surface area contributed by atoms with Crippen molar-refractivity contribution in [1.29, 1.82) is 0 Å². The lowest BCUT2D eigenvalue weighted by atomic mass is 9.69. The molecule has 0 aliphatic carbocycles. The van der Waals surface area contributed by atoms with Gasteiger partial charge in [0.05, 0.1) is 12.0 Å². The summed E-state index contributed by atoms with van der Waals surface area (Å²) in [5.74, 6) is -0.125. The third-order valence-electron chi connectivity index (χ3n) is 5.57. The number of fused-ring (bicyclic) bond motifs is 2. The predicted octanol–water partition coefficient (Wildman–Crippen LogP) is 3.16. The summed E-state index contributed by atoms with van der Waals surface area (Å²) < 4.78 is 15.4. The van der Waals surface area contributed by atoms with E-state index < -0.39 is 17.8 Å². The molecule has 4 nitrogen and oxygen atoms in total. The largest absolute Gasteiger partial charge is 0.336 e. The maximum atomic E-state index is 15.4. The molecule has 2 aliphatic heterocycles. The Bertz CT molecular complexity index is 864. The second kappa shape index (κ2) is 6.32. The van der Waals surface area contributed by atoms with Crippen LogP contribution in [0, 0.1) is 6.92 Å². The Morgan fingerprint density at radius 2 is 1.96 bits per heavy atom. The maximum absolute atomic E-state index is 15.4. The average Bonchev–Trinajstić information content (AvgIpc) is 2.67. The van der Waals surface area contributed by atoms with E-state index in [1.807, 2.05) is 43.3 Å². The van der Waals surface area contributed by atoms with Crippen LogP contribution in [0.25, 0.3) is 0 Å². The molecular formula is C21H22FN3O. The molecule has 1 unspecified atom stereocenters. The van der Waals surface area contributed by atoms with Crippen LogP contribution < -0.4 is 5.73 Å². The zero-order chi connectivity index (χ0) is 18.3. The number of rotatable bonds is 1. The maximum Gasteiger partial charge on any atom is 0.253 e. The van der Waals surface area contributed by atoms with E-state index in [4.69, 9.17) is 5.73 Å². The minimum absolute atomic E-state index is 0.0578. The second-order valence-electron chi connectivity index (χ2n) is 7.19. The molecule has 0 aromatic heterocycles. The number of hydrogen-bond donors (Lipinski definition) is 1. The number of aryl methyl sites for hydroxylation is 1. The lowest BCUT2D eigenvalue weighted by Crippen LogP contribution is -2.55. The number of carbonyl (C=O) groups excluding carboxylic acids is 1. The van der Waals surface area contributed by atoms with Crippen LogP contribution in [0.2, 0.25) is 0 Å². The molecule has 2 aromatic carbocycles. The lowest BCUT2D eigenvalue weighted by molar-refractivity contribution is 0.0538. The molecule has 2 aliphatic rings. The molecule has 1 amide bonds. The third kappa shape index (κ3) is 2.63. The number of hydrogen-bond acceptors (Lipinski definition) is 3. The van der Waals surface area contributed by atoms with Crippen LogP contribution in [0.5, 0.6) is 0 Å². The van der Waals surface area contributed by atoms with Gasteiger partial charge < -0.3 is 10.6 Å². The van der Waals surface area contributed by atoms with Gasteiger partial charge in [0, 0.05) is 18.3 Å². The van der Waals surface area contributed by atoms with Gasteiger partial charge in [0.1, 0.15) is 12.3 Å². The first-order valence-corrected chi connectivity index (χ1v) is 8.90. The number of piperidine rings is 1. The Balaban J connectivity index is 1.60. The Hall–Kier alpha value is -2.53. The van der Waals surface area contributed by atoms with Crippen LogP contribution in [0.15, 0.2) is 53.5 Å². The number of nitrogens with two attached hydrogens (primary N) is 1. The standard InChI is InChI=1S/C21H22FN3O/c1-14-6-8-15(9-7-14)20(26)25-11-10-21(18(22)12-25)13-24-19(23)16-4-2-3-5-17(16)21/h2-9,13,18-19H,10-12,23H2,1H3/t18-,19?,21-/m0/s1. The van der Waals surface area contributed by atoms with Crippen molar-refractivity contribution in [3.63, 3.8) is 0 Å². The number of aliphatic imine (C=N–C) groups is 1. The van der Waals surface area contributed by atoms with Crippen molar-refractivity contribution in [1.82, 2.24) is 4.90 Å². The van der Waals surface area contributed by atoms with Crippen LogP contribution in [0.1, 0.15) is 39.6 Å². The van der Waals surface area contributed by atoms with Crippen molar-refractivity contribution < 1.29 is 9.18 Å². The first-order chi connectivity index (χ1) is 12.5. The third-order valence-corrected chi connectivity index (χ3v) is 5.57. The normalized spacial score (nSPS) is 27.4. The van der Waals surface area contributed by atoms with Crippen LogP contribution >= 0.6 is 0 Å². The number of nitrogens with zero attached hydrogens (tertiary/aromatic N) is 2. The van der Waals surface area contributed by atoms with Crippen LogP contribution in [0.3, 0.4) is 0 Å². The predicted molar refractivity (Wildman–Crippen MR) is 100 cm³/mol. The van der Waals surface area contributed by atoms with E-state index in [2.05, 4.69) is 4.99 Å². The molecule has 5 heteroatoms. The van der Waals surface area contributed by atoms with E-state index in [0.717, 1.165) is 16.7 Å². The molecule has 26 heavy (non-hydrogen) atoms. The average molecular weight is 351 g/mol. The van der Waals surface area contributed by atoms with Gasteiger partial charge in [-0.1, -0.05) is 42.0 Å². The van der Waals surface area contributed by atoms with E-state index in [0.29, 0.717) is 18.5 Å². The molecule has 2 heterocycles. The van der Waals surface area contributed by atoms with E-state index in [9.17, 15) is 4.79 Å². The summed E-state index contributed by atoms with van der Waals surface area (Å²) in [6.07, 6.45) is 0.511. The highest BCUT2D eigenvalue weighted by Crippen LogP contribution is 2.42. The van der Waals surface area contributed by atoms with Crippen molar-refractivity contribution in [2.75, 3.05) is 13.1 Å². The van der Waals surface area contributed by atoms with Gasteiger partial charge in [0.15, 0.2) is 0 Å². The SMILES string of the molecule is Cc1ccc(C(=O)N2CC[C@@]3(C=NC(N)c4ccccc43)[C@@H](F)C2)cc1. The first-order valence-electron chi connectivity index (χ1n) is 8.90. The van der Waals surface area contributed by atoms with Crippen molar-refractivity contribution in [3.05, 3.63) is 70.8 Å². The molecule has 2 aromatic rings. The van der Waals surface area contributed by atoms with Gasteiger partial charge >= 0.3 is 0 Å². The van der Waals surface area contributed by atoms with Gasteiger partial charge in [-0.25, -0.2) is 4.39 Å². The topological polar surface area (TPSA) is 58.7 Å². The Kier molecular flexibility index (Phi) is 4.11. The number of alkyl halides is 1. The molecule has 134 valence electrons. The number of likely N-dealkylation sites (tertiary alicyclic amines) is 1. The summed E-state index contributed by atoms with van der Waals surface area (Å²) in [5.41, 5.74) is 8.72. The van der Waals surface area contributed by atoms with Crippen molar-refractivity contribution in [2.24, 2.45) is 10.7 Å². The van der Waals surface area contributed by atoms with Gasteiger partial charge in [-0.2, -0.15) is 0 Å². The fourth-order valence-electron chi connectivity index (χ4n) is 3.98. The number of halogens is 1. The van der Waals surface area contributed by atoms with E-state index in [1.165, 1.54) is 0 Å². The Morgan fingerprint density at radius 1 is 1.23 bits per heavy atom. The fourth-order valence-corrected chi connectivity index (χ4v) is 3.98. The molecule has 4 rings (SSSR count). The summed E-state index contributed by atoms with van der Waals surface area (Å²) in [6, 6.07) is 15.0. The monoisotopic (exact) mass is 351 g/mol. The first kappa shape index (κ1) is 16.9. The van der Waals surface area contributed by atoms with Gasteiger partial charge in [-0.3, -0.25) is 9.79 Å². The lowest BCUT2D eigenvalue weighted by Gasteiger charge is -2.45. The molecule has 1 fully saturated rings. The van der Waals surface area contributed by atoms with E-state index in [-0.39, 0.29) is 12.5 Å². The highest BCUT2D eigenvalue weighted by atomic mass is 19.1. The van der Waals surface area contributed by atoms with Crippen LogP contribution in [0.4, 0.5) is 4.39 Å². The number of amides is 1. The second-order valence-corrected chi connectivity index (χ2v) is 7.19. The molecule has 0 saturated carbocycles. The number of benzene rings is 2. The van der Waals surface area contributed by atoms with Crippen LogP contribution in [-0.2, 0) is 5.41 Å². The molecule has 1 saturated heterocycles. The Morgan fingerprint density at radius 3 is 2.69 bits per heavy atom. The highest BCUT2D eigenvalue weighted by Gasteiger charge is 2.47. The Labute approximate surface area is 152 Å². The van der Waals surface area contributed by atoms with Gasteiger partial charge in [0.25, 0.3) is 5.91 Å². The summed E-state index contributed by atoms with van der Waals surface area (Å²) in [4.78, 5) is 18.7. The van der Waals surface area contributed by atoms with Crippen molar-refractivity contribution in [2.45, 2.75) is 31.1 Å². The zero-order valence-electron chi connectivity index (χ0n) is 14.7. The van der Waals surface area contributed by atoms with Gasteiger partial charge in [0.2, 0.25) is 0 Å². The zero-order valence-corrected chi connectivity index (χ0v) is 14.7. The summed E-state index contributed by atoms with van der Waals surface area (Å²) >= 11 is 0. The molecule has 1 spiro atoms. The summed E-state index contributed by atoms with van der Waals surface area (Å²) in [7, 11) is 0. The van der Waals surface area contributed by atoms with E-state index in [1.54, 1.807) is 23.2 Å². The van der Waals surface area contributed by atoms with Crippen molar-refractivity contribution >= 4 is 12.1 Å². The summed E-state index contributed by atoms with van der Waals surface area (Å²) in [6.45, 7) is 2.52. The fraction of sp³-hybridized carbons (Fsp3) is 0.333. The van der Waals surface area contributed by atoms with Crippen molar-refractivity contribution in [3.8, 4) is 0 Å². The van der Waals surface area contributed by atoms with E-state index >= 15 is 4.39 Å². The molecular weight excluding hydrogens is 329 g/mol. The molecule has 3 atom stereocenters. The molecule has 0 bridgehead atoms. The highest BCUT2D eigenvalue weighted by molar-refractivity contribution is 5.94. The van der Waals surface area contributed by atoms with Gasteiger partial charge in [-0.15, -0.1) is 0 Å². The summed E-state index contributed by atoms with van der Waals surface area (Å²) in [5, 5.41) is 0. The van der Waals surface area contributed by atoms with Gasteiger partial charge in [-0.05, 0) is 36.6 Å².